The van der Waals surface area contributed by atoms with Crippen LogP contribution in [0.1, 0.15) is 30.6 Å². The number of carboxylic acid groups (broad SMARTS) is 1. The van der Waals surface area contributed by atoms with Crippen molar-refractivity contribution in [1.29, 1.82) is 0 Å². The number of hydrogen-bond donors (Lipinski definition) is 2. The summed E-state index contributed by atoms with van der Waals surface area (Å²) in [6.07, 6.45) is -0.197. The fourth-order valence-electron chi connectivity index (χ4n) is 2.60. The largest absolute Gasteiger partial charge is 0.481 e. The average Bonchev–Trinajstić information content (AvgIpc) is 2.59. The summed E-state index contributed by atoms with van der Waals surface area (Å²) in [6, 6.07) is 5.11. The molecule has 1 aliphatic rings. The molecule has 2 N–H and O–H groups in total. The topological polar surface area (TPSA) is 113 Å². The Bertz CT molecular complexity index is 745. The smallest absolute Gasteiger partial charge is 0.305 e. The first-order valence-electron chi connectivity index (χ1n) is 8.41. The van der Waals surface area contributed by atoms with Gasteiger partial charge in [0.2, 0.25) is 10.0 Å². The molecule has 1 fully saturated rings. The average molecular weight is 384 g/mol. The molecule has 144 valence electrons. The third-order valence-electron chi connectivity index (χ3n) is 3.99. The molecule has 0 aromatic heterocycles. The van der Waals surface area contributed by atoms with Crippen molar-refractivity contribution in [3.8, 4) is 0 Å². The van der Waals surface area contributed by atoms with E-state index in [1.165, 1.54) is 29.2 Å². The summed E-state index contributed by atoms with van der Waals surface area (Å²) in [5, 5.41) is 8.98. The second-order valence-electron chi connectivity index (χ2n) is 6.60. The van der Waals surface area contributed by atoms with Crippen LogP contribution in [0, 0.1) is 5.92 Å². The Hall–Kier alpha value is -1.97. The van der Waals surface area contributed by atoms with Crippen LogP contribution in [0.2, 0.25) is 0 Å². The Morgan fingerprint density at radius 3 is 2.54 bits per heavy atom. The minimum Gasteiger partial charge on any atom is -0.481 e. The van der Waals surface area contributed by atoms with E-state index in [9.17, 15) is 18.0 Å². The van der Waals surface area contributed by atoms with Gasteiger partial charge in [0.15, 0.2) is 0 Å². The molecule has 1 aromatic rings. The van der Waals surface area contributed by atoms with Gasteiger partial charge in [-0.25, -0.2) is 13.1 Å². The third-order valence-corrected chi connectivity index (χ3v) is 5.43. The van der Waals surface area contributed by atoms with Crippen molar-refractivity contribution in [2.45, 2.75) is 31.2 Å². The fourth-order valence-corrected chi connectivity index (χ4v) is 3.81. The highest BCUT2D eigenvalue weighted by molar-refractivity contribution is 7.89. The van der Waals surface area contributed by atoms with Crippen LogP contribution in [0.3, 0.4) is 0 Å². The standard InChI is InChI=1S/C17H24N2O6S/c1-12(2)10-18-26(23,24)15-5-3-13(4-6-15)17(22)19-7-8-25-11-14(19)9-16(20)21/h3-6,12,14,18H,7-11H2,1-2H3,(H,20,21). The molecule has 0 bridgehead atoms. The zero-order valence-corrected chi connectivity index (χ0v) is 15.7. The maximum Gasteiger partial charge on any atom is 0.305 e. The van der Waals surface area contributed by atoms with E-state index in [2.05, 4.69) is 4.72 Å². The van der Waals surface area contributed by atoms with E-state index in [0.717, 1.165) is 0 Å². The lowest BCUT2D eigenvalue weighted by Crippen LogP contribution is -2.49. The summed E-state index contributed by atoms with van der Waals surface area (Å²) in [5.74, 6) is -1.16. The molecule has 2 rings (SSSR count). The van der Waals surface area contributed by atoms with Crippen LogP contribution < -0.4 is 4.72 Å². The van der Waals surface area contributed by atoms with Gasteiger partial charge in [-0.2, -0.15) is 0 Å². The van der Waals surface area contributed by atoms with Gasteiger partial charge in [-0.1, -0.05) is 13.8 Å². The second-order valence-corrected chi connectivity index (χ2v) is 8.36. The van der Waals surface area contributed by atoms with E-state index < -0.39 is 22.0 Å². The number of sulfonamides is 1. The van der Waals surface area contributed by atoms with Crippen LogP contribution in [0.15, 0.2) is 29.2 Å². The van der Waals surface area contributed by atoms with Crippen molar-refractivity contribution < 1.29 is 27.9 Å². The van der Waals surface area contributed by atoms with Crippen LogP contribution in [0.25, 0.3) is 0 Å². The van der Waals surface area contributed by atoms with Gasteiger partial charge >= 0.3 is 5.97 Å². The van der Waals surface area contributed by atoms with Gasteiger partial charge in [-0.15, -0.1) is 0 Å². The van der Waals surface area contributed by atoms with Crippen molar-refractivity contribution in [1.82, 2.24) is 9.62 Å². The van der Waals surface area contributed by atoms with Gasteiger partial charge in [-0.05, 0) is 30.2 Å². The number of ether oxygens (including phenoxy) is 1. The van der Waals surface area contributed by atoms with Gasteiger partial charge in [0.25, 0.3) is 5.91 Å². The normalized spacial score (nSPS) is 18.1. The van der Waals surface area contributed by atoms with Gasteiger partial charge in [0.1, 0.15) is 0 Å². The Morgan fingerprint density at radius 2 is 1.96 bits per heavy atom. The molecule has 1 aromatic carbocycles. The third kappa shape index (κ3) is 5.26. The summed E-state index contributed by atoms with van der Waals surface area (Å²) < 4.78 is 32.2. The first-order chi connectivity index (χ1) is 12.2. The van der Waals surface area contributed by atoms with Crippen LogP contribution in [-0.4, -0.2) is 62.6 Å². The number of benzene rings is 1. The molecule has 8 nitrogen and oxygen atoms in total. The number of carbonyl (C=O) groups excluding carboxylic acids is 1. The van der Waals surface area contributed by atoms with Crippen LogP contribution in [0.5, 0.6) is 0 Å². The number of carbonyl (C=O) groups is 2. The van der Waals surface area contributed by atoms with Gasteiger partial charge < -0.3 is 14.7 Å². The number of nitrogens with zero attached hydrogens (tertiary/aromatic N) is 1. The number of rotatable bonds is 7. The summed E-state index contributed by atoms with van der Waals surface area (Å²) >= 11 is 0. The number of aliphatic carboxylic acids is 1. The number of hydrogen-bond acceptors (Lipinski definition) is 5. The van der Waals surface area contributed by atoms with Crippen molar-refractivity contribution in [2.24, 2.45) is 5.92 Å². The molecule has 1 amide bonds. The first-order valence-corrected chi connectivity index (χ1v) is 9.89. The number of carboxylic acids is 1. The van der Waals surface area contributed by atoms with E-state index in [-0.39, 0.29) is 29.7 Å². The Morgan fingerprint density at radius 1 is 1.31 bits per heavy atom. The fraction of sp³-hybridized carbons (Fsp3) is 0.529. The lowest BCUT2D eigenvalue weighted by atomic mass is 10.1. The van der Waals surface area contributed by atoms with Gasteiger partial charge in [-0.3, -0.25) is 9.59 Å². The maximum atomic E-state index is 12.7. The van der Waals surface area contributed by atoms with E-state index >= 15 is 0 Å². The van der Waals surface area contributed by atoms with E-state index in [1.807, 2.05) is 13.8 Å². The minimum absolute atomic E-state index is 0.0822. The van der Waals surface area contributed by atoms with E-state index in [4.69, 9.17) is 9.84 Å². The molecule has 0 saturated carbocycles. The second kappa shape index (κ2) is 8.61. The highest BCUT2D eigenvalue weighted by Crippen LogP contribution is 2.17. The molecule has 1 aliphatic heterocycles. The van der Waals surface area contributed by atoms with E-state index in [1.54, 1.807) is 0 Å². The number of morpholine rings is 1. The number of amides is 1. The molecule has 26 heavy (non-hydrogen) atoms. The molecule has 0 aliphatic carbocycles. The summed E-state index contributed by atoms with van der Waals surface area (Å²) in [6.45, 7) is 4.94. The Kier molecular flexibility index (Phi) is 6.74. The molecule has 0 radical (unpaired) electrons. The molecular weight excluding hydrogens is 360 g/mol. The Balaban J connectivity index is 2.13. The first kappa shape index (κ1) is 20.3. The quantitative estimate of drug-likeness (QED) is 0.723. The SMILES string of the molecule is CC(C)CNS(=O)(=O)c1ccc(C(=O)N2CCOCC2CC(=O)O)cc1. The lowest BCUT2D eigenvalue weighted by Gasteiger charge is -2.34. The molecule has 1 heterocycles. The molecule has 1 saturated heterocycles. The summed E-state index contributed by atoms with van der Waals surface area (Å²) in [4.78, 5) is 25.2. The minimum atomic E-state index is -3.62. The molecule has 0 spiro atoms. The predicted molar refractivity (Wildman–Crippen MR) is 94.4 cm³/mol. The van der Waals surface area contributed by atoms with Gasteiger partial charge in [0, 0.05) is 18.7 Å². The lowest BCUT2D eigenvalue weighted by molar-refractivity contribution is -0.139. The van der Waals surface area contributed by atoms with Crippen molar-refractivity contribution >= 4 is 21.9 Å². The highest BCUT2D eigenvalue weighted by atomic mass is 32.2. The molecule has 1 atom stereocenters. The predicted octanol–water partition coefficient (Wildman–Crippen LogP) is 0.937. The van der Waals surface area contributed by atoms with Crippen LogP contribution >= 0.6 is 0 Å². The summed E-state index contributed by atoms with van der Waals surface area (Å²) in [7, 11) is -3.62. The van der Waals surface area contributed by atoms with Crippen LogP contribution in [0.4, 0.5) is 0 Å². The number of nitrogens with one attached hydrogen (secondary N) is 1. The van der Waals surface area contributed by atoms with E-state index in [0.29, 0.717) is 25.3 Å². The van der Waals surface area contributed by atoms with Gasteiger partial charge in [0.05, 0.1) is 30.6 Å². The summed E-state index contributed by atoms with van der Waals surface area (Å²) in [5.41, 5.74) is 0.310. The zero-order valence-electron chi connectivity index (χ0n) is 14.8. The highest BCUT2D eigenvalue weighted by Gasteiger charge is 2.30. The Labute approximate surface area is 153 Å². The van der Waals surface area contributed by atoms with Crippen molar-refractivity contribution in [3.05, 3.63) is 29.8 Å². The van der Waals surface area contributed by atoms with Crippen molar-refractivity contribution in [3.63, 3.8) is 0 Å². The molecular formula is C17H24N2O6S. The monoisotopic (exact) mass is 384 g/mol. The molecule has 1 unspecified atom stereocenters. The maximum absolute atomic E-state index is 12.7. The zero-order chi connectivity index (χ0) is 19.3. The van der Waals surface area contributed by atoms with Crippen LogP contribution in [-0.2, 0) is 19.6 Å². The molecule has 9 heteroatoms. The van der Waals surface area contributed by atoms with Crippen molar-refractivity contribution in [2.75, 3.05) is 26.3 Å².